The second-order valence-electron chi connectivity index (χ2n) is 4.40. The van der Waals surface area contributed by atoms with E-state index in [9.17, 15) is 20.0 Å². The summed E-state index contributed by atoms with van der Waals surface area (Å²) in [5, 5.41) is 23.1. The minimum Gasteiger partial charge on any atom is -0.496 e. The van der Waals surface area contributed by atoms with Crippen molar-refractivity contribution in [3.05, 3.63) is 28.3 Å². The van der Waals surface area contributed by atoms with Gasteiger partial charge in [-0.25, -0.2) is 4.79 Å². The maximum absolute atomic E-state index is 11.4. The molecule has 1 aromatic carbocycles. The molecule has 1 rings (SSSR count). The topological polar surface area (TPSA) is 102 Å². The average molecular weight is 282 g/mol. The number of aliphatic carboxylic acids is 1. The Morgan fingerprint density at radius 1 is 1.40 bits per heavy atom. The number of nitrogens with zero attached hydrogens (tertiary/aromatic N) is 1. The summed E-state index contributed by atoms with van der Waals surface area (Å²) in [4.78, 5) is 21.8. The zero-order valence-electron chi connectivity index (χ0n) is 11.7. The monoisotopic (exact) mass is 282 g/mol. The molecule has 20 heavy (non-hydrogen) atoms. The molecule has 2 N–H and O–H groups in total. The second-order valence-corrected chi connectivity index (χ2v) is 4.40. The third kappa shape index (κ3) is 3.17. The quantitative estimate of drug-likeness (QED) is 0.589. The van der Waals surface area contributed by atoms with E-state index in [2.05, 4.69) is 5.32 Å². The molecule has 0 bridgehead atoms. The highest BCUT2D eigenvalue weighted by molar-refractivity contribution is 5.83. The molecule has 0 aliphatic heterocycles. The number of hydrogen-bond donors (Lipinski definition) is 2. The molecule has 1 aromatic rings. The van der Waals surface area contributed by atoms with Gasteiger partial charge in [-0.3, -0.25) is 10.1 Å². The van der Waals surface area contributed by atoms with Gasteiger partial charge in [-0.2, -0.15) is 0 Å². The van der Waals surface area contributed by atoms with E-state index in [0.717, 1.165) is 0 Å². The first-order valence-electron chi connectivity index (χ1n) is 6.23. The molecule has 0 radical (unpaired) electrons. The summed E-state index contributed by atoms with van der Waals surface area (Å²) in [5.74, 6) is -0.693. The maximum Gasteiger partial charge on any atom is 0.329 e. The van der Waals surface area contributed by atoms with Crippen molar-refractivity contribution in [2.24, 2.45) is 0 Å². The van der Waals surface area contributed by atoms with Crippen LogP contribution in [0.1, 0.15) is 26.7 Å². The fraction of sp³-hybridized carbons (Fsp3) is 0.462. The zero-order chi connectivity index (χ0) is 15.3. The molecule has 0 saturated carbocycles. The number of carbonyl (C=O) groups is 1. The van der Waals surface area contributed by atoms with Gasteiger partial charge in [0.25, 0.3) is 5.69 Å². The minimum atomic E-state index is -1.15. The minimum absolute atomic E-state index is 0.154. The van der Waals surface area contributed by atoms with Crippen LogP contribution in [0.2, 0.25) is 0 Å². The molecule has 0 aliphatic carbocycles. The molecule has 0 spiro atoms. The van der Waals surface area contributed by atoms with Gasteiger partial charge in [0.15, 0.2) is 0 Å². The van der Waals surface area contributed by atoms with Crippen LogP contribution in [0, 0.1) is 10.1 Å². The Balaban J connectivity index is 3.22. The molecule has 110 valence electrons. The molecular weight excluding hydrogens is 264 g/mol. The van der Waals surface area contributed by atoms with Crippen LogP contribution in [0.4, 0.5) is 11.4 Å². The first-order valence-corrected chi connectivity index (χ1v) is 6.23. The third-order valence-electron chi connectivity index (χ3n) is 3.34. The Hall–Kier alpha value is -2.31. The Kier molecular flexibility index (Phi) is 4.90. The largest absolute Gasteiger partial charge is 0.496 e. The van der Waals surface area contributed by atoms with Crippen molar-refractivity contribution in [3.63, 3.8) is 0 Å². The van der Waals surface area contributed by atoms with E-state index in [0.29, 0.717) is 24.3 Å². The van der Waals surface area contributed by atoms with Gasteiger partial charge in [-0.1, -0.05) is 13.8 Å². The van der Waals surface area contributed by atoms with Crippen molar-refractivity contribution >= 4 is 17.3 Å². The predicted octanol–water partition coefficient (Wildman–Crippen LogP) is 2.66. The fourth-order valence-electron chi connectivity index (χ4n) is 1.94. The van der Waals surface area contributed by atoms with E-state index in [1.54, 1.807) is 13.8 Å². The molecule has 7 nitrogen and oxygen atoms in total. The van der Waals surface area contributed by atoms with E-state index in [1.807, 2.05) is 0 Å². The third-order valence-corrected chi connectivity index (χ3v) is 3.34. The lowest BCUT2D eigenvalue weighted by atomic mass is 9.92. The summed E-state index contributed by atoms with van der Waals surface area (Å²) >= 11 is 0. The van der Waals surface area contributed by atoms with Crippen LogP contribution >= 0.6 is 0 Å². The highest BCUT2D eigenvalue weighted by Gasteiger charge is 2.35. The normalized spacial score (nSPS) is 10.9. The Bertz CT molecular complexity index is 511. The average Bonchev–Trinajstić information content (AvgIpc) is 2.44. The highest BCUT2D eigenvalue weighted by Crippen LogP contribution is 2.29. The molecule has 0 atom stereocenters. The van der Waals surface area contributed by atoms with E-state index in [4.69, 9.17) is 4.74 Å². The lowest BCUT2D eigenvalue weighted by molar-refractivity contribution is -0.384. The molecule has 0 saturated heterocycles. The van der Waals surface area contributed by atoms with Crippen molar-refractivity contribution in [3.8, 4) is 5.75 Å². The lowest BCUT2D eigenvalue weighted by Gasteiger charge is -2.29. The molecule has 0 amide bonds. The summed E-state index contributed by atoms with van der Waals surface area (Å²) in [6.07, 6.45) is 0.702. The summed E-state index contributed by atoms with van der Waals surface area (Å²) in [7, 11) is 1.40. The number of benzene rings is 1. The summed E-state index contributed by atoms with van der Waals surface area (Å²) in [6, 6.07) is 4.12. The van der Waals surface area contributed by atoms with Crippen LogP contribution in [0.3, 0.4) is 0 Å². The standard InChI is InChI=1S/C13H18N2O5/c1-4-13(5-2,12(16)17)14-9-6-10(15(18)19)8-11(7-9)20-3/h6-8,14H,4-5H2,1-3H3,(H,16,17). The van der Waals surface area contributed by atoms with Crippen molar-refractivity contribution in [1.29, 1.82) is 0 Å². The summed E-state index contributed by atoms with van der Waals surface area (Å²) in [6.45, 7) is 3.50. The Morgan fingerprint density at radius 3 is 2.40 bits per heavy atom. The molecule has 0 aliphatic rings. The van der Waals surface area contributed by atoms with Crippen LogP contribution in [0.25, 0.3) is 0 Å². The number of nitro groups is 1. The van der Waals surface area contributed by atoms with Crippen molar-refractivity contribution in [1.82, 2.24) is 0 Å². The van der Waals surface area contributed by atoms with Gasteiger partial charge in [0.05, 0.1) is 18.1 Å². The van der Waals surface area contributed by atoms with E-state index in [-0.39, 0.29) is 5.69 Å². The van der Waals surface area contributed by atoms with Crippen LogP contribution in [-0.2, 0) is 4.79 Å². The number of nitro benzene ring substituents is 1. The number of carboxylic acids is 1. The van der Waals surface area contributed by atoms with Crippen molar-refractivity contribution in [2.75, 3.05) is 12.4 Å². The predicted molar refractivity (Wildman–Crippen MR) is 74.2 cm³/mol. The molecule has 0 unspecified atom stereocenters. The number of nitrogens with one attached hydrogen (secondary N) is 1. The smallest absolute Gasteiger partial charge is 0.329 e. The van der Waals surface area contributed by atoms with Crippen LogP contribution in [-0.4, -0.2) is 28.6 Å². The second kappa shape index (κ2) is 6.23. The maximum atomic E-state index is 11.4. The van der Waals surface area contributed by atoms with Gasteiger partial charge in [-0.05, 0) is 12.8 Å². The number of carboxylic acid groups (broad SMARTS) is 1. The van der Waals surface area contributed by atoms with E-state index >= 15 is 0 Å². The number of rotatable bonds is 7. The van der Waals surface area contributed by atoms with Gasteiger partial charge in [-0.15, -0.1) is 0 Å². The first kappa shape index (κ1) is 15.7. The fourth-order valence-corrected chi connectivity index (χ4v) is 1.94. The van der Waals surface area contributed by atoms with Crippen LogP contribution in [0.15, 0.2) is 18.2 Å². The summed E-state index contributed by atoms with van der Waals surface area (Å²) < 4.78 is 5.00. The number of non-ortho nitro benzene ring substituents is 1. The van der Waals surface area contributed by atoms with Gasteiger partial charge in [0, 0.05) is 17.8 Å². The molecule has 7 heteroatoms. The lowest BCUT2D eigenvalue weighted by Crippen LogP contribution is -2.45. The SMILES string of the molecule is CCC(CC)(Nc1cc(OC)cc([N+](=O)[O-])c1)C(=O)O. The van der Waals surface area contributed by atoms with Crippen LogP contribution in [0.5, 0.6) is 5.75 Å². The molecule has 0 aromatic heterocycles. The van der Waals surface area contributed by atoms with Crippen molar-refractivity contribution in [2.45, 2.75) is 32.2 Å². The Labute approximate surface area is 116 Å². The highest BCUT2D eigenvalue weighted by atomic mass is 16.6. The van der Waals surface area contributed by atoms with E-state index in [1.165, 1.54) is 25.3 Å². The molecule has 0 fully saturated rings. The number of anilines is 1. The van der Waals surface area contributed by atoms with Gasteiger partial charge >= 0.3 is 5.97 Å². The van der Waals surface area contributed by atoms with Gasteiger partial charge in [0.1, 0.15) is 11.3 Å². The Morgan fingerprint density at radius 2 is 2.00 bits per heavy atom. The van der Waals surface area contributed by atoms with Gasteiger partial charge < -0.3 is 15.2 Å². The molecular formula is C13H18N2O5. The number of hydrogen-bond acceptors (Lipinski definition) is 5. The molecule has 0 heterocycles. The first-order chi connectivity index (χ1) is 9.38. The number of methoxy groups -OCH3 is 1. The van der Waals surface area contributed by atoms with Crippen LogP contribution < -0.4 is 10.1 Å². The van der Waals surface area contributed by atoms with Crippen molar-refractivity contribution < 1.29 is 19.6 Å². The summed E-state index contributed by atoms with van der Waals surface area (Å²) in [5.41, 5.74) is -0.958. The zero-order valence-corrected chi connectivity index (χ0v) is 11.7. The van der Waals surface area contributed by atoms with E-state index < -0.39 is 16.4 Å². The number of ether oxygens (including phenoxy) is 1. The van der Waals surface area contributed by atoms with Gasteiger partial charge in [0.2, 0.25) is 0 Å².